The molecule has 90 valence electrons. The zero-order chi connectivity index (χ0) is 11.8. The van der Waals surface area contributed by atoms with Crippen LogP contribution in [0.4, 0.5) is 11.5 Å². The lowest BCUT2D eigenvalue weighted by Gasteiger charge is -2.35. The van der Waals surface area contributed by atoms with Gasteiger partial charge in [-0.15, -0.1) is 0 Å². The molecule has 0 bridgehead atoms. The van der Waals surface area contributed by atoms with Crippen LogP contribution in [0.1, 0.15) is 12.1 Å². The minimum absolute atomic E-state index is 0.0369. The molecule has 5 nitrogen and oxygen atoms in total. The molecule has 1 aromatic rings. The second-order valence-electron chi connectivity index (χ2n) is 4.50. The molecule has 0 spiro atoms. The van der Waals surface area contributed by atoms with Crippen molar-refractivity contribution in [1.82, 2.24) is 4.98 Å². The first-order chi connectivity index (χ1) is 8.24. The van der Waals surface area contributed by atoms with Gasteiger partial charge in [-0.2, -0.15) is 0 Å². The van der Waals surface area contributed by atoms with E-state index >= 15 is 0 Å². The number of anilines is 2. The lowest BCUT2D eigenvalue weighted by atomic mass is 10.1. The summed E-state index contributed by atoms with van der Waals surface area (Å²) in [5.74, 6) is 0.916. The van der Waals surface area contributed by atoms with Crippen LogP contribution in [0.5, 0.6) is 0 Å². The summed E-state index contributed by atoms with van der Waals surface area (Å²) in [6, 6.07) is 3.95. The number of rotatable bonds is 0. The summed E-state index contributed by atoms with van der Waals surface area (Å²) in [6.45, 7) is 4.05. The minimum Gasteiger partial charge on any atom is -0.377 e. The van der Waals surface area contributed by atoms with Crippen molar-refractivity contribution in [2.75, 3.05) is 30.0 Å². The van der Waals surface area contributed by atoms with E-state index in [4.69, 9.17) is 4.74 Å². The molecule has 17 heavy (non-hydrogen) atoms. The Morgan fingerprint density at radius 1 is 1.53 bits per heavy atom. The van der Waals surface area contributed by atoms with Gasteiger partial charge in [0, 0.05) is 18.7 Å². The molecule has 0 aliphatic carbocycles. The summed E-state index contributed by atoms with van der Waals surface area (Å²) < 4.78 is 5.44. The van der Waals surface area contributed by atoms with Crippen LogP contribution in [0.15, 0.2) is 12.1 Å². The highest BCUT2D eigenvalue weighted by atomic mass is 16.5. The molecular weight excluding hydrogens is 218 g/mol. The number of nitrogens with one attached hydrogen (secondary N) is 1. The van der Waals surface area contributed by atoms with Gasteiger partial charge in [-0.25, -0.2) is 4.98 Å². The zero-order valence-electron chi connectivity index (χ0n) is 9.77. The molecule has 0 saturated carbocycles. The second-order valence-corrected chi connectivity index (χ2v) is 4.50. The maximum absolute atomic E-state index is 11.8. The van der Waals surface area contributed by atoms with Crippen molar-refractivity contribution in [2.45, 2.75) is 19.4 Å². The van der Waals surface area contributed by atoms with E-state index in [0.717, 1.165) is 23.7 Å². The first-order valence-electron chi connectivity index (χ1n) is 5.86. The summed E-state index contributed by atoms with van der Waals surface area (Å²) in [6.07, 6.45) is 0.468. The molecule has 0 radical (unpaired) electrons. The van der Waals surface area contributed by atoms with E-state index in [1.54, 1.807) is 0 Å². The number of hydrogen-bond donors (Lipinski definition) is 1. The van der Waals surface area contributed by atoms with Crippen LogP contribution in [-0.2, 0) is 9.53 Å². The minimum atomic E-state index is 0.0369. The van der Waals surface area contributed by atoms with Crippen molar-refractivity contribution < 1.29 is 9.53 Å². The first kappa shape index (κ1) is 10.5. The maximum Gasteiger partial charge on any atom is 0.226 e. The standard InChI is InChI=1S/C12H15N3O2/c1-8-2-3-10-12(13-8)15-4-5-17-7-9(15)6-11(16)14-10/h2-3,9H,4-7H2,1H3,(H,14,16). The molecule has 5 heteroatoms. The molecule has 1 atom stereocenters. The molecule has 3 heterocycles. The number of aromatic nitrogens is 1. The molecule has 2 aliphatic heterocycles. The fourth-order valence-electron chi connectivity index (χ4n) is 2.38. The molecule has 1 unspecified atom stereocenters. The van der Waals surface area contributed by atoms with E-state index in [-0.39, 0.29) is 11.9 Å². The Hall–Kier alpha value is -1.62. The van der Waals surface area contributed by atoms with Gasteiger partial charge < -0.3 is 15.0 Å². The van der Waals surface area contributed by atoms with Gasteiger partial charge in [0.2, 0.25) is 5.91 Å². The van der Waals surface area contributed by atoms with Crippen LogP contribution in [0.3, 0.4) is 0 Å². The number of pyridine rings is 1. The number of carbonyl (C=O) groups excluding carboxylic acids is 1. The molecule has 1 aromatic heterocycles. The van der Waals surface area contributed by atoms with Crippen molar-refractivity contribution >= 4 is 17.4 Å². The van der Waals surface area contributed by atoms with Crippen molar-refractivity contribution in [3.63, 3.8) is 0 Å². The van der Waals surface area contributed by atoms with Gasteiger partial charge in [-0.3, -0.25) is 4.79 Å². The van der Waals surface area contributed by atoms with Crippen LogP contribution in [0, 0.1) is 6.92 Å². The highest BCUT2D eigenvalue weighted by Crippen LogP contribution is 2.30. The van der Waals surface area contributed by atoms with Crippen molar-refractivity contribution in [2.24, 2.45) is 0 Å². The molecule has 0 aromatic carbocycles. The van der Waals surface area contributed by atoms with Gasteiger partial charge in [-0.1, -0.05) is 0 Å². The Morgan fingerprint density at radius 3 is 3.29 bits per heavy atom. The highest BCUT2D eigenvalue weighted by molar-refractivity contribution is 5.96. The number of ether oxygens (including phenoxy) is 1. The molecule has 1 fully saturated rings. The predicted octanol–water partition coefficient (Wildman–Crippen LogP) is 0.937. The third-order valence-corrected chi connectivity index (χ3v) is 3.21. The van der Waals surface area contributed by atoms with Gasteiger partial charge in [0.05, 0.1) is 24.9 Å². The van der Waals surface area contributed by atoms with Gasteiger partial charge in [0.15, 0.2) is 5.82 Å². The molecule has 1 N–H and O–H groups in total. The average molecular weight is 233 g/mol. The lowest BCUT2D eigenvalue weighted by Crippen LogP contribution is -2.46. The van der Waals surface area contributed by atoms with E-state index in [9.17, 15) is 4.79 Å². The second kappa shape index (κ2) is 4.00. The Kier molecular flexibility index (Phi) is 2.48. The van der Waals surface area contributed by atoms with E-state index < -0.39 is 0 Å². The zero-order valence-corrected chi connectivity index (χ0v) is 9.77. The summed E-state index contributed by atoms with van der Waals surface area (Å²) in [4.78, 5) is 18.5. The van der Waals surface area contributed by atoms with Crippen LogP contribution in [0.25, 0.3) is 0 Å². The summed E-state index contributed by atoms with van der Waals surface area (Å²) in [5, 5.41) is 2.91. The average Bonchev–Trinajstić information content (AvgIpc) is 2.45. The Bertz CT molecular complexity index is 461. The Labute approximate surface area is 99.8 Å². The van der Waals surface area contributed by atoms with E-state index in [0.29, 0.717) is 19.6 Å². The summed E-state index contributed by atoms with van der Waals surface area (Å²) >= 11 is 0. The van der Waals surface area contributed by atoms with E-state index in [1.807, 2.05) is 19.1 Å². The molecule has 1 amide bonds. The van der Waals surface area contributed by atoms with Crippen molar-refractivity contribution in [3.8, 4) is 0 Å². The topological polar surface area (TPSA) is 54.5 Å². The number of carbonyl (C=O) groups is 1. The van der Waals surface area contributed by atoms with Crippen LogP contribution in [-0.4, -0.2) is 36.7 Å². The van der Waals surface area contributed by atoms with Crippen molar-refractivity contribution in [3.05, 3.63) is 17.8 Å². The third-order valence-electron chi connectivity index (χ3n) is 3.21. The highest BCUT2D eigenvalue weighted by Gasteiger charge is 2.31. The Morgan fingerprint density at radius 2 is 2.41 bits per heavy atom. The number of amides is 1. The molecule has 3 rings (SSSR count). The predicted molar refractivity (Wildman–Crippen MR) is 64.2 cm³/mol. The molecule has 1 saturated heterocycles. The van der Waals surface area contributed by atoms with Crippen LogP contribution >= 0.6 is 0 Å². The van der Waals surface area contributed by atoms with E-state index in [2.05, 4.69) is 15.2 Å². The van der Waals surface area contributed by atoms with Crippen molar-refractivity contribution in [1.29, 1.82) is 0 Å². The monoisotopic (exact) mass is 233 g/mol. The smallest absolute Gasteiger partial charge is 0.226 e. The number of hydrogen-bond acceptors (Lipinski definition) is 4. The van der Waals surface area contributed by atoms with Gasteiger partial charge in [0.1, 0.15) is 0 Å². The van der Waals surface area contributed by atoms with Gasteiger partial charge in [-0.05, 0) is 19.1 Å². The third kappa shape index (κ3) is 1.86. The van der Waals surface area contributed by atoms with Gasteiger partial charge >= 0.3 is 0 Å². The number of fused-ring (bicyclic) bond motifs is 3. The molecule has 2 aliphatic rings. The Balaban J connectivity index is 2.07. The SMILES string of the molecule is Cc1ccc2c(n1)N1CCOCC1CC(=O)N2. The summed E-state index contributed by atoms with van der Waals surface area (Å²) in [5.41, 5.74) is 1.77. The molecular formula is C12H15N3O2. The number of morpholine rings is 1. The van der Waals surface area contributed by atoms with Crippen LogP contribution in [0.2, 0.25) is 0 Å². The van der Waals surface area contributed by atoms with E-state index in [1.165, 1.54) is 0 Å². The largest absolute Gasteiger partial charge is 0.377 e. The van der Waals surface area contributed by atoms with Crippen LogP contribution < -0.4 is 10.2 Å². The fourth-order valence-corrected chi connectivity index (χ4v) is 2.38. The van der Waals surface area contributed by atoms with Gasteiger partial charge in [0.25, 0.3) is 0 Å². The number of aryl methyl sites for hydroxylation is 1. The lowest BCUT2D eigenvalue weighted by molar-refractivity contribution is -0.116. The maximum atomic E-state index is 11.8. The number of nitrogens with zero attached hydrogens (tertiary/aromatic N) is 2. The fraction of sp³-hybridized carbons (Fsp3) is 0.500. The quantitative estimate of drug-likeness (QED) is 0.724. The first-order valence-corrected chi connectivity index (χ1v) is 5.86. The summed E-state index contributed by atoms with van der Waals surface area (Å²) in [7, 11) is 0. The normalized spacial score (nSPS) is 23.5.